The predicted molar refractivity (Wildman–Crippen MR) is 64.2 cm³/mol. The fourth-order valence-corrected chi connectivity index (χ4v) is 2.43. The van der Waals surface area contributed by atoms with E-state index in [1.807, 2.05) is 0 Å². The number of nitrogens with two attached hydrogens (primary N) is 1. The Balaban J connectivity index is 0.00000128. The number of hydrogen-bond donors (Lipinski definition) is 1. The molecule has 2 N–H and O–H groups in total. The van der Waals surface area contributed by atoms with E-state index < -0.39 is 0 Å². The first-order valence-corrected chi connectivity index (χ1v) is 5.43. The molecule has 92 valence electrons. The van der Waals surface area contributed by atoms with Gasteiger partial charge >= 0.3 is 0 Å². The molecule has 0 saturated heterocycles. The van der Waals surface area contributed by atoms with E-state index in [0.717, 1.165) is 19.4 Å². The second-order valence-corrected chi connectivity index (χ2v) is 5.41. The molecular formula is C10H20ClN5. The number of rotatable bonds is 2. The van der Waals surface area contributed by atoms with Gasteiger partial charge in [0.25, 0.3) is 0 Å². The van der Waals surface area contributed by atoms with E-state index in [9.17, 15) is 0 Å². The van der Waals surface area contributed by atoms with Crippen LogP contribution in [0.25, 0.3) is 0 Å². The van der Waals surface area contributed by atoms with Crippen LogP contribution in [0.3, 0.4) is 0 Å². The van der Waals surface area contributed by atoms with Gasteiger partial charge in [-0.1, -0.05) is 13.8 Å². The molecule has 0 aliphatic heterocycles. The molecular weight excluding hydrogens is 226 g/mol. The highest BCUT2D eigenvalue weighted by Gasteiger charge is 2.49. The number of hydrogen-bond acceptors (Lipinski definition) is 4. The molecule has 1 heterocycles. The van der Waals surface area contributed by atoms with Gasteiger partial charge in [-0.3, -0.25) is 0 Å². The highest BCUT2D eigenvalue weighted by atomic mass is 35.5. The van der Waals surface area contributed by atoms with Gasteiger partial charge < -0.3 is 5.73 Å². The van der Waals surface area contributed by atoms with Crippen LogP contribution < -0.4 is 5.73 Å². The first-order chi connectivity index (χ1) is 6.93. The minimum absolute atomic E-state index is 0. The molecule has 1 aromatic heterocycles. The Labute approximate surface area is 102 Å². The van der Waals surface area contributed by atoms with Crippen LogP contribution in [-0.4, -0.2) is 25.7 Å². The quantitative estimate of drug-likeness (QED) is 0.852. The summed E-state index contributed by atoms with van der Waals surface area (Å²) in [6.45, 7) is 7.50. The summed E-state index contributed by atoms with van der Waals surface area (Å²) >= 11 is 0. The minimum atomic E-state index is -0.0777. The van der Waals surface area contributed by atoms with Crippen LogP contribution in [0.2, 0.25) is 0 Å². The Morgan fingerprint density at radius 1 is 1.44 bits per heavy atom. The Kier molecular flexibility index (Phi) is 3.59. The van der Waals surface area contributed by atoms with Gasteiger partial charge in [0.15, 0.2) is 0 Å². The van der Waals surface area contributed by atoms with Crippen LogP contribution in [0.5, 0.6) is 0 Å². The predicted octanol–water partition coefficient (Wildman–Crippen LogP) is 1.25. The fourth-order valence-electron chi connectivity index (χ4n) is 2.43. The average Bonchev–Trinajstić information content (AvgIpc) is 2.69. The molecule has 0 bridgehead atoms. The van der Waals surface area contributed by atoms with Gasteiger partial charge in [0, 0.05) is 12.1 Å². The Bertz CT molecular complexity index is 333. The summed E-state index contributed by atoms with van der Waals surface area (Å²) in [5, 5.41) is 11.2. The highest BCUT2D eigenvalue weighted by Crippen LogP contribution is 2.48. The molecule has 16 heavy (non-hydrogen) atoms. The monoisotopic (exact) mass is 245 g/mol. The molecule has 1 aliphatic carbocycles. The van der Waals surface area contributed by atoms with Crippen molar-refractivity contribution in [2.75, 3.05) is 0 Å². The maximum Gasteiger partial charge on any atom is 0.138 e. The van der Waals surface area contributed by atoms with Gasteiger partial charge in [-0.05, 0) is 41.5 Å². The number of nitrogens with zero attached hydrogens (tertiary/aromatic N) is 4. The smallest absolute Gasteiger partial charge is 0.138 e. The molecule has 1 aliphatic rings. The summed E-state index contributed by atoms with van der Waals surface area (Å²) < 4.78 is 1.80. The maximum absolute atomic E-state index is 6.31. The van der Waals surface area contributed by atoms with Crippen molar-refractivity contribution in [3.8, 4) is 0 Å². The van der Waals surface area contributed by atoms with Gasteiger partial charge in [-0.2, -0.15) is 0 Å². The largest absolute Gasteiger partial charge is 0.325 e. The summed E-state index contributed by atoms with van der Waals surface area (Å²) in [5.74, 6) is 0.552. The van der Waals surface area contributed by atoms with Crippen LogP contribution >= 0.6 is 12.4 Å². The third-order valence-electron chi connectivity index (χ3n) is 4.30. The minimum Gasteiger partial charge on any atom is -0.325 e. The molecule has 2 rings (SSSR count). The standard InChI is InChI=1S/C10H19N5.ClH/c1-9(2)8(4-5-10(9,3)11)6-15-7-12-13-14-15;/h7-8H,4-6,11H2,1-3H3;1H/t8-,10-;/m1./s1. The van der Waals surface area contributed by atoms with E-state index >= 15 is 0 Å². The molecule has 0 spiro atoms. The lowest BCUT2D eigenvalue weighted by molar-refractivity contribution is 0.147. The third kappa shape index (κ3) is 2.06. The Morgan fingerprint density at radius 2 is 2.12 bits per heavy atom. The lowest BCUT2D eigenvalue weighted by Crippen LogP contribution is -2.48. The van der Waals surface area contributed by atoms with Crippen LogP contribution in [0.4, 0.5) is 0 Å². The number of halogens is 1. The van der Waals surface area contributed by atoms with E-state index in [-0.39, 0.29) is 23.4 Å². The number of aromatic nitrogens is 4. The van der Waals surface area contributed by atoms with Crippen molar-refractivity contribution >= 4 is 12.4 Å². The number of tetrazole rings is 1. The van der Waals surface area contributed by atoms with Crippen LogP contribution in [0, 0.1) is 11.3 Å². The van der Waals surface area contributed by atoms with Crippen molar-refractivity contribution in [2.45, 2.75) is 45.7 Å². The van der Waals surface area contributed by atoms with Gasteiger partial charge in [-0.15, -0.1) is 17.5 Å². The lowest BCUT2D eigenvalue weighted by Gasteiger charge is -2.38. The summed E-state index contributed by atoms with van der Waals surface area (Å²) in [4.78, 5) is 0. The van der Waals surface area contributed by atoms with Crippen molar-refractivity contribution in [1.29, 1.82) is 0 Å². The van der Waals surface area contributed by atoms with Crippen molar-refractivity contribution in [1.82, 2.24) is 20.2 Å². The van der Waals surface area contributed by atoms with E-state index in [1.54, 1.807) is 11.0 Å². The van der Waals surface area contributed by atoms with E-state index in [4.69, 9.17) is 5.73 Å². The molecule has 1 saturated carbocycles. The molecule has 0 amide bonds. The fraction of sp³-hybridized carbons (Fsp3) is 0.900. The molecule has 1 aromatic rings. The van der Waals surface area contributed by atoms with E-state index in [0.29, 0.717) is 5.92 Å². The molecule has 0 radical (unpaired) electrons. The average molecular weight is 246 g/mol. The van der Waals surface area contributed by atoms with Gasteiger partial charge in [0.2, 0.25) is 0 Å². The van der Waals surface area contributed by atoms with Crippen molar-refractivity contribution in [2.24, 2.45) is 17.1 Å². The zero-order chi connectivity index (χ0) is 11.1. The van der Waals surface area contributed by atoms with Crippen LogP contribution in [0.15, 0.2) is 6.33 Å². The van der Waals surface area contributed by atoms with Gasteiger partial charge in [0.1, 0.15) is 6.33 Å². The third-order valence-corrected chi connectivity index (χ3v) is 4.30. The highest BCUT2D eigenvalue weighted by molar-refractivity contribution is 5.85. The van der Waals surface area contributed by atoms with Crippen molar-refractivity contribution in [3.05, 3.63) is 6.33 Å². The molecule has 0 unspecified atom stereocenters. The normalized spacial score (nSPS) is 32.4. The van der Waals surface area contributed by atoms with Crippen LogP contribution in [0.1, 0.15) is 33.6 Å². The summed E-state index contributed by atoms with van der Waals surface area (Å²) in [7, 11) is 0. The van der Waals surface area contributed by atoms with Crippen molar-refractivity contribution < 1.29 is 0 Å². The Hall–Kier alpha value is -0.680. The lowest BCUT2D eigenvalue weighted by atomic mass is 9.72. The molecule has 0 aromatic carbocycles. The second-order valence-electron chi connectivity index (χ2n) is 5.41. The Morgan fingerprint density at radius 3 is 2.56 bits per heavy atom. The zero-order valence-corrected chi connectivity index (χ0v) is 10.9. The first-order valence-electron chi connectivity index (χ1n) is 5.43. The van der Waals surface area contributed by atoms with Crippen LogP contribution in [-0.2, 0) is 6.54 Å². The molecule has 6 heteroatoms. The van der Waals surface area contributed by atoms with Gasteiger partial charge in [-0.25, -0.2) is 4.68 Å². The molecule has 1 fully saturated rings. The van der Waals surface area contributed by atoms with E-state index in [2.05, 4.69) is 36.3 Å². The second kappa shape index (κ2) is 4.30. The maximum atomic E-state index is 6.31. The summed E-state index contributed by atoms with van der Waals surface area (Å²) in [6.07, 6.45) is 3.90. The SMILES string of the molecule is CC1(C)[C@@H](Cn2cnnn2)CC[C@@]1(C)N.Cl. The molecule has 5 nitrogen and oxygen atoms in total. The topological polar surface area (TPSA) is 69.6 Å². The van der Waals surface area contributed by atoms with E-state index in [1.165, 1.54) is 0 Å². The summed E-state index contributed by atoms with van der Waals surface area (Å²) in [5.41, 5.74) is 6.37. The van der Waals surface area contributed by atoms with Crippen molar-refractivity contribution in [3.63, 3.8) is 0 Å². The first kappa shape index (κ1) is 13.4. The van der Waals surface area contributed by atoms with Gasteiger partial charge in [0.05, 0.1) is 0 Å². The zero-order valence-electron chi connectivity index (χ0n) is 10.1. The molecule has 2 atom stereocenters. The summed E-state index contributed by atoms with van der Waals surface area (Å²) in [6, 6.07) is 0.